The number of aromatic nitrogens is 2. The van der Waals surface area contributed by atoms with Crippen LogP contribution in [0.3, 0.4) is 0 Å². The number of nitrogens with one attached hydrogen (secondary N) is 1. The van der Waals surface area contributed by atoms with Crippen LogP contribution >= 0.6 is 22.6 Å². The first-order valence-electron chi connectivity index (χ1n) is 6.11. The molecule has 1 saturated carbocycles. The molecule has 1 aromatic carbocycles. The van der Waals surface area contributed by atoms with Crippen molar-refractivity contribution in [3.05, 3.63) is 54.0 Å². The molecule has 0 spiro atoms. The van der Waals surface area contributed by atoms with Gasteiger partial charge in [-0.25, -0.2) is 4.98 Å². The van der Waals surface area contributed by atoms with Crippen molar-refractivity contribution in [2.75, 3.05) is 0 Å². The van der Waals surface area contributed by atoms with E-state index >= 15 is 0 Å². The van der Waals surface area contributed by atoms with Crippen LogP contribution in [-0.2, 0) is 0 Å². The molecule has 0 amide bonds. The molecule has 0 atom stereocenters. The van der Waals surface area contributed by atoms with Gasteiger partial charge < -0.3 is 4.98 Å². The van der Waals surface area contributed by atoms with Crippen molar-refractivity contribution in [2.45, 2.75) is 18.8 Å². The lowest BCUT2D eigenvalue weighted by Crippen LogP contribution is -2.15. The van der Waals surface area contributed by atoms with Crippen molar-refractivity contribution in [3.63, 3.8) is 0 Å². The van der Waals surface area contributed by atoms with Gasteiger partial charge in [-0.3, -0.25) is 14.9 Å². The number of H-pyrrole nitrogens is 1. The highest BCUT2D eigenvalue weighted by atomic mass is 127. The number of non-ortho nitro benzene ring substituents is 1. The standard InChI is InChI=1S/C13H10IN3O3/c14-10-11(7-1-2-7)15-12(16-13(10)18)8-3-5-9(6-4-8)17(19)20/h3-7H,1-2H2,(H,15,16,18). The average Bonchev–Trinajstić information content (AvgIpc) is 3.26. The Morgan fingerprint density at radius 1 is 1.30 bits per heavy atom. The Morgan fingerprint density at radius 2 is 1.95 bits per heavy atom. The van der Waals surface area contributed by atoms with Crippen LogP contribution in [0.2, 0.25) is 0 Å². The summed E-state index contributed by atoms with van der Waals surface area (Å²) >= 11 is 2.01. The number of nitrogens with zero attached hydrogens (tertiary/aromatic N) is 2. The van der Waals surface area contributed by atoms with Gasteiger partial charge >= 0.3 is 0 Å². The van der Waals surface area contributed by atoms with Crippen LogP contribution in [0, 0.1) is 13.7 Å². The lowest BCUT2D eigenvalue weighted by atomic mass is 10.2. The molecule has 1 fully saturated rings. The molecule has 0 aliphatic heterocycles. The molecule has 6 nitrogen and oxygen atoms in total. The van der Waals surface area contributed by atoms with Gasteiger partial charge in [0.1, 0.15) is 5.82 Å². The van der Waals surface area contributed by atoms with Gasteiger partial charge in [0, 0.05) is 23.6 Å². The zero-order valence-corrected chi connectivity index (χ0v) is 12.5. The fourth-order valence-corrected chi connectivity index (χ4v) is 2.68. The third kappa shape index (κ3) is 2.45. The van der Waals surface area contributed by atoms with Gasteiger partial charge in [-0.1, -0.05) is 0 Å². The second-order valence-corrected chi connectivity index (χ2v) is 5.77. The second-order valence-electron chi connectivity index (χ2n) is 4.69. The van der Waals surface area contributed by atoms with E-state index in [0.29, 0.717) is 20.9 Å². The normalized spacial score (nSPS) is 14.2. The molecule has 20 heavy (non-hydrogen) atoms. The SMILES string of the molecule is O=c1[nH]c(-c2ccc([N+](=O)[O-])cc2)nc(C2CC2)c1I. The lowest BCUT2D eigenvalue weighted by molar-refractivity contribution is -0.384. The Hall–Kier alpha value is -1.77. The molecule has 0 radical (unpaired) electrons. The van der Waals surface area contributed by atoms with E-state index < -0.39 is 4.92 Å². The van der Waals surface area contributed by atoms with E-state index in [2.05, 4.69) is 9.97 Å². The predicted molar refractivity (Wildman–Crippen MR) is 81.6 cm³/mol. The molecule has 1 aliphatic rings. The molecule has 1 aromatic heterocycles. The molecular formula is C13H10IN3O3. The summed E-state index contributed by atoms with van der Waals surface area (Å²) in [5.41, 5.74) is 1.37. The van der Waals surface area contributed by atoms with Crippen LogP contribution in [-0.4, -0.2) is 14.9 Å². The van der Waals surface area contributed by atoms with Gasteiger partial charge in [0.15, 0.2) is 0 Å². The van der Waals surface area contributed by atoms with Crippen molar-refractivity contribution in [1.82, 2.24) is 9.97 Å². The fraction of sp³-hybridized carbons (Fsp3) is 0.231. The highest BCUT2D eigenvalue weighted by molar-refractivity contribution is 14.1. The number of benzene rings is 1. The molecule has 102 valence electrons. The maximum absolute atomic E-state index is 11.9. The highest BCUT2D eigenvalue weighted by Crippen LogP contribution is 2.40. The summed E-state index contributed by atoms with van der Waals surface area (Å²) in [6, 6.07) is 6.01. The molecule has 1 heterocycles. The molecule has 0 saturated heterocycles. The molecule has 1 N–H and O–H groups in total. The van der Waals surface area contributed by atoms with Crippen molar-refractivity contribution < 1.29 is 4.92 Å². The molecule has 1 aliphatic carbocycles. The summed E-state index contributed by atoms with van der Waals surface area (Å²) in [6.45, 7) is 0. The molecule has 2 aromatic rings. The summed E-state index contributed by atoms with van der Waals surface area (Å²) < 4.78 is 0.635. The smallest absolute Gasteiger partial charge is 0.269 e. The number of hydrogen-bond donors (Lipinski definition) is 1. The second kappa shape index (κ2) is 4.97. The van der Waals surface area contributed by atoms with E-state index in [4.69, 9.17) is 0 Å². The number of nitro groups is 1. The van der Waals surface area contributed by atoms with E-state index in [1.54, 1.807) is 12.1 Å². The third-order valence-corrected chi connectivity index (χ3v) is 4.25. The molecule has 3 rings (SSSR count). The molecule has 7 heteroatoms. The summed E-state index contributed by atoms with van der Waals surface area (Å²) in [7, 11) is 0. The van der Waals surface area contributed by atoms with Gasteiger partial charge in [0.05, 0.1) is 14.2 Å². The third-order valence-electron chi connectivity index (χ3n) is 3.20. The van der Waals surface area contributed by atoms with E-state index in [9.17, 15) is 14.9 Å². The van der Waals surface area contributed by atoms with E-state index in [-0.39, 0.29) is 11.2 Å². The molecule has 0 bridgehead atoms. The minimum atomic E-state index is -0.455. The van der Waals surface area contributed by atoms with Crippen molar-refractivity contribution in [2.24, 2.45) is 0 Å². The number of halogens is 1. The Labute approximate surface area is 127 Å². The first kappa shape index (κ1) is 13.2. The first-order valence-corrected chi connectivity index (χ1v) is 7.18. The summed E-state index contributed by atoms with van der Waals surface area (Å²) in [5, 5.41) is 10.6. The number of rotatable bonds is 3. The number of hydrogen-bond acceptors (Lipinski definition) is 4. The van der Waals surface area contributed by atoms with Gasteiger partial charge in [-0.05, 0) is 47.6 Å². The first-order chi connectivity index (χ1) is 9.56. The van der Waals surface area contributed by atoms with Crippen molar-refractivity contribution >= 4 is 28.3 Å². The van der Waals surface area contributed by atoms with Gasteiger partial charge in [0.2, 0.25) is 0 Å². The van der Waals surface area contributed by atoms with Crippen molar-refractivity contribution in [3.8, 4) is 11.4 Å². The largest absolute Gasteiger partial charge is 0.306 e. The number of nitro benzene ring substituents is 1. The van der Waals surface area contributed by atoms with Crippen LogP contribution in [0.25, 0.3) is 11.4 Å². The van der Waals surface area contributed by atoms with Crippen LogP contribution in [0.15, 0.2) is 29.1 Å². The molecule has 0 unspecified atom stereocenters. The Bertz CT molecular complexity index is 736. The predicted octanol–water partition coefficient (Wildman–Crippen LogP) is 2.83. The van der Waals surface area contributed by atoms with Gasteiger partial charge in [0.25, 0.3) is 11.2 Å². The van der Waals surface area contributed by atoms with Crippen LogP contribution < -0.4 is 5.56 Å². The minimum Gasteiger partial charge on any atom is -0.306 e. The summed E-state index contributed by atoms with van der Waals surface area (Å²) in [4.78, 5) is 29.3. The Balaban J connectivity index is 2.05. The quantitative estimate of drug-likeness (QED) is 0.502. The van der Waals surface area contributed by atoms with Crippen LogP contribution in [0.5, 0.6) is 0 Å². The van der Waals surface area contributed by atoms with Crippen molar-refractivity contribution in [1.29, 1.82) is 0 Å². The summed E-state index contributed by atoms with van der Waals surface area (Å²) in [6.07, 6.45) is 2.12. The number of aromatic amines is 1. The monoisotopic (exact) mass is 383 g/mol. The fourth-order valence-electron chi connectivity index (χ4n) is 1.98. The minimum absolute atomic E-state index is 0.0176. The van der Waals surface area contributed by atoms with Gasteiger partial charge in [-0.15, -0.1) is 0 Å². The Morgan fingerprint density at radius 3 is 2.50 bits per heavy atom. The maximum Gasteiger partial charge on any atom is 0.269 e. The highest BCUT2D eigenvalue weighted by Gasteiger charge is 2.29. The van der Waals surface area contributed by atoms with Gasteiger partial charge in [-0.2, -0.15) is 0 Å². The zero-order chi connectivity index (χ0) is 14.3. The Kier molecular flexibility index (Phi) is 3.28. The zero-order valence-electron chi connectivity index (χ0n) is 10.3. The average molecular weight is 383 g/mol. The van der Waals surface area contributed by atoms with Crippen LogP contribution in [0.1, 0.15) is 24.5 Å². The molecular weight excluding hydrogens is 373 g/mol. The van der Waals surface area contributed by atoms with E-state index in [1.165, 1.54) is 12.1 Å². The topological polar surface area (TPSA) is 88.9 Å². The van der Waals surface area contributed by atoms with E-state index in [1.807, 2.05) is 22.6 Å². The van der Waals surface area contributed by atoms with Crippen LogP contribution in [0.4, 0.5) is 5.69 Å². The summed E-state index contributed by atoms with van der Waals surface area (Å²) in [5.74, 6) is 0.841. The maximum atomic E-state index is 11.9. The van der Waals surface area contributed by atoms with E-state index in [0.717, 1.165) is 18.5 Å². The lowest BCUT2D eigenvalue weighted by Gasteiger charge is -2.05.